The molecule has 98 valence electrons. The van der Waals surface area contributed by atoms with Gasteiger partial charge >= 0.3 is 12.1 Å². The number of aliphatic hydroxyl groups is 1. The number of aliphatic hydroxyl groups excluding tert-OH is 1. The fourth-order valence-corrected chi connectivity index (χ4v) is 1.87. The van der Waals surface area contributed by atoms with Gasteiger partial charge in [0.1, 0.15) is 6.61 Å². The van der Waals surface area contributed by atoms with Crippen LogP contribution in [-0.2, 0) is 4.74 Å². The van der Waals surface area contributed by atoms with Gasteiger partial charge in [-0.3, -0.25) is 0 Å². The Labute approximate surface area is 99.9 Å². The minimum Gasteiger partial charge on any atom is -0.447 e. The number of amides is 3. The van der Waals surface area contributed by atoms with E-state index in [0.717, 1.165) is 12.8 Å². The zero-order chi connectivity index (χ0) is 12.7. The number of rotatable bonds is 4. The summed E-state index contributed by atoms with van der Waals surface area (Å²) >= 11 is 0. The summed E-state index contributed by atoms with van der Waals surface area (Å²) in [6, 6.07) is -0.551. The normalized spacial score (nSPS) is 19.8. The molecule has 0 aliphatic carbocycles. The molecule has 7 nitrogen and oxygen atoms in total. The minimum absolute atomic E-state index is 0.0134. The summed E-state index contributed by atoms with van der Waals surface area (Å²) in [6.45, 7) is 1.51. The second kappa shape index (κ2) is 6.95. The second-order valence-corrected chi connectivity index (χ2v) is 4.04. The summed E-state index contributed by atoms with van der Waals surface area (Å²) < 4.78 is 4.83. The number of carbonyl (C=O) groups excluding carboxylic acids is 2. The van der Waals surface area contributed by atoms with Gasteiger partial charge in [0.05, 0.1) is 6.61 Å². The molecule has 0 spiro atoms. The van der Waals surface area contributed by atoms with Gasteiger partial charge in [-0.2, -0.15) is 0 Å². The number of primary amides is 1. The molecule has 1 unspecified atom stereocenters. The van der Waals surface area contributed by atoms with Gasteiger partial charge in [-0.15, -0.1) is 0 Å². The van der Waals surface area contributed by atoms with E-state index in [-0.39, 0.29) is 19.1 Å². The maximum absolute atomic E-state index is 11.5. The molecule has 1 aliphatic heterocycles. The van der Waals surface area contributed by atoms with E-state index in [1.165, 1.54) is 0 Å². The minimum atomic E-state index is -0.551. The van der Waals surface area contributed by atoms with Crippen LogP contribution in [0.25, 0.3) is 0 Å². The Bertz CT molecular complexity index is 272. The van der Waals surface area contributed by atoms with E-state index in [2.05, 4.69) is 5.32 Å². The Hall–Kier alpha value is -1.50. The number of likely N-dealkylation sites (tertiary alicyclic amines) is 1. The van der Waals surface area contributed by atoms with Crippen LogP contribution in [-0.4, -0.2) is 55.0 Å². The van der Waals surface area contributed by atoms with E-state index >= 15 is 0 Å². The molecular weight excluding hydrogens is 226 g/mol. The highest BCUT2D eigenvalue weighted by Gasteiger charge is 2.24. The van der Waals surface area contributed by atoms with Gasteiger partial charge in [0, 0.05) is 19.6 Å². The average Bonchev–Trinajstić information content (AvgIpc) is 2.33. The molecule has 0 aromatic rings. The lowest BCUT2D eigenvalue weighted by Crippen LogP contribution is -2.44. The predicted octanol–water partition coefficient (Wildman–Crippen LogP) is -0.504. The number of carbonyl (C=O) groups is 2. The number of ether oxygens (including phenoxy) is 1. The number of nitrogens with one attached hydrogen (secondary N) is 1. The topological polar surface area (TPSA) is 105 Å². The molecule has 0 aromatic carbocycles. The molecule has 1 aliphatic rings. The number of urea groups is 1. The fourth-order valence-electron chi connectivity index (χ4n) is 1.87. The Morgan fingerprint density at radius 1 is 1.53 bits per heavy atom. The van der Waals surface area contributed by atoms with Gasteiger partial charge in [0.15, 0.2) is 0 Å². The molecule has 1 rings (SSSR count). The van der Waals surface area contributed by atoms with Crippen molar-refractivity contribution in [3.63, 3.8) is 0 Å². The van der Waals surface area contributed by atoms with E-state index < -0.39 is 12.1 Å². The molecule has 0 aromatic heterocycles. The van der Waals surface area contributed by atoms with Crippen molar-refractivity contribution >= 4 is 12.1 Å². The number of nitrogens with two attached hydrogens (primary N) is 1. The lowest BCUT2D eigenvalue weighted by Gasteiger charge is -2.31. The van der Waals surface area contributed by atoms with Crippen LogP contribution >= 0.6 is 0 Å². The zero-order valence-electron chi connectivity index (χ0n) is 9.72. The van der Waals surface area contributed by atoms with Gasteiger partial charge in [0.2, 0.25) is 0 Å². The fraction of sp³-hybridized carbons (Fsp3) is 0.800. The average molecular weight is 245 g/mol. The van der Waals surface area contributed by atoms with E-state index in [1.54, 1.807) is 4.90 Å². The lowest BCUT2D eigenvalue weighted by atomic mass is 9.98. The zero-order valence-corrected chi connectivity index (χ0v) is 9.72. The number of piperidine rings is 1. The summed E-state index contributed by atoms with van der Waals surface area (Å²) in [5, 5.41) is 11.1. The van der Waals surface area contributed by atoms with Crippen LogP contribution in [0.5, 0.6) is 0 Å². The summed E-state index contributed by atoms with van der Waals surface area (Å²) in [4.78, 5) is 23.7. The molecular formula is C10H19N3O4. The van der Waals surface area contributed by atoms with Crippen molar-refractivity contribution in [2.24, 2.45) is 11.7 Å². The third-order valence-corrected chi connectivity index (χ3v) is 2.66. The third kappa shape index (κ3) is 4.90. The van der Waals surface area contributed by atoms with Gasteiger partial charge < -0.3 is 25.8 Å². The Balaban J connectivity index is 2.32. The first-order valence-corrected chi connectivity index (χ1v) is 5.69. The number of hydrogen-bond donors (Lipinski definition) is 3. The molecule has 0 radical (unpaired) electrons. The molecule has 1 heterocycles. The number of nitrogens with zero attached hydrogens (tertiary/aromatic N) is 1. The maximum Gasteiger partial charge on any atom is 0.409 e. The van der Waals surface area contributed by atoms with Crippen molar-refractivity contribution in [2.75, 3.05) is 32.8 Å². The molecule has 1 saturated heterocycles. The molecule has 3 amide bonds. The Morgan fingerprint density at radius 2 is 2.29 bits per heavy atom. The van der Waals surface area contributed by atoms with E-state index in [4.69, 9.17) is 15.6 Å². The monoisotopic (exact) mass is 245 g/mol. The molecule has 4 N–H and O–H groups in total. The Morgan fingerprint density at radius 3 is 2.94 bits per heavy atom. The van der Waals surface area contributed by atoms with Crippen LogP contribution in [0.4, 0.5) is 9.59 Å². The molecule has 7 heteroatoms. The summed E-state index contributed by atoms with van der Waals surface area (Å²) in [5.74, 6) is 0.206. The smallest absolute Gasteiger partial charge is 0.409 e. The summed E-state index contributed by atoms with van der Waals surface area (Å²) in [6.07, 6.45) is 1.41. The molecule has 1 fully saturated rings. The molecule has 0 bridgehead atoms. The van der Waals surface area contributed by atoms with Gasteiger partial charge in [0.25, 0.3) is 0 Å². The van der Waals surface area contributed by atoms with Crippen LogP contribution in [0.15, 0.2) is 0 Å². The van der Waals surface area contributed by atoms with Crippen LogP contribution in [0.2, 0.25) is 0 Å². The molecule has 1 atom stereocenters. The van der Waals surface area contributed by atoms with E-state index in [0.29, 0.717) is 19.6 Å². The first-order chi connectivity index (χ1) is 8.13. The van der Waals surface area contributed by atoms with E-state index in [9.17, 15) is 9.59 Å². The van der Waals surface area contributed by atoms with Crippen molar-refractivity contribution in [3.8, 4) is 0 Å². The van der Waals surface area contributed by atoms with Crippen molar-refractivity contribution in [3.05, 3.63) is 0 Å². The standard InChI is InChI=1S/C10H19N3O4/c11-9(15)12-6-8-2-1-3-13(7-8)10(16)17-5-4-14/h8,14H,1-7H2,(H3,11,12,15). The SMILES string of the molecule is NC(=O)NCC1CCCN(C(=O)OCCO)C1. The highest BCUT2D eigenvalue weighted by molar-refractivity contribution is 5.71. The summed E-state index contributed by atoms with van der Waals surface area (Å²) in [7, 11) is 0. The van der Waals surface area contributed by atoms with Gasteiger partial charge in [-0.25, -0.2) is 9.59 Å². The van der Waals surface area contributed by atoms with Crippen LogP contribution < -0.4 is 11.1 Å². The van der Waals surface area contributed by atoms with Crippen molar-refractivity contribution in [1.29, 1.82) is 0 Å². The quantitative estimate of drug-likeness (QED) is 0.620. The maximum atomic E-state index is 11.5. The summed E-state index contributed by atoms with van der Waals surface area (Å²) in [5.41, 5.74) is 4.99. The van der Waals surface area contributed by atoms with Crippen LogP contribution in [0.1, 0.15) is 12.8 Å². The highest BCUT2D eigenvalue weighted by atomic mass is 16.6. The number of hydrogen-bond acceptors (Lipinski definition) is 4. The van der Waals surface area contributed by atoms with E-state index in [1.807, 2.05) is 0 Å². The largest absolute Gasteiger partial charge is 0.447 e. The second-order valence-electron chi connectivity index (χ2n) is 4.04. The van der Waals surface area contributed by atoms with Crippen molar-refractivity contribution < 1.29 is 19.4 Å². The highest BCUT2D eigenvalue weighted by Crippen LogP contribution is 2.16. The van der Waals surface area contributed by atoms with Crippen LogP contribution in [0, 0.1) is 5.92 Å². The molecule has 0 saturated carbocycles. The molecule has 17 heavy (non-hydrogen) atoms. The van der Waals surface area contributed by atoms with Crippen molar-refractivity contribution in [2.45, 2.75) is 12.8 Å². The third-order valence-electron chi connectivity index (χ3n) is 2.66. The Kier molecular flexibility index (Phi) is 5.55. The first kappa shape index (κ1) is 13.6. The van der Waals surface area contributed by atoms with Crippen molar-refractivity contribution in [1.82, 2.24) is 10.2 Å². The first-order valence-electron chi connectivity index (χ1n) is 5.69. The van der Waals surface area contributed by atoms with Gasteiger partial charge in [-0.1, -0.05) is 0 Å². The van der Waals surface area contributed by atoms with Crippen LogP contribution in [0.3, 0.4) is 0 Å². The predicted molar refractivity (Wildman–Crippen MR) is 60.3 cm³/mol. The lowest BCUT2D eigenvalue weighted by molar-refractivity contribution is 0.0704. The van der Waals surface area contributed by atoms with Gasteiger partial charge in [-0.05, 0) is 18.8 Å².